The molecule has 0 unspecified atom stereocenters. The number of thioether (sulfide) groups is 1. The third-order valence-corrected chi connectivity index (χ3v) is 6.37. The first-order valence-electron chi connectivity index (χ1n) is 7.74. The lowest BCUT2D eigenvalue weighted by molar-refractivity contribution is -0.125. The van der Waals surface area contributed by atoms with Crippen LogP contribution in [0.1, 0.15) is 4.88 Å². The fourth-order valence-corrected chi connectivity index (χ4v) is 4.84. The summed E-state index contributed by atoms with van der Waals surface area (Å²) in [5.74, 6) is 2.03. The molecule has 0 bridgehead atoms. The van der Waals surface area contributed by atoms with Gasteiger partial charge in [0.15, 0.2) is 6.61 Å². The number of rotatable bonds is 7. The summed E-state index contributed by atoms with van der Waals surface area (Å²) in [5.41, 5.74) is 0.645. The molecule has 25 heavy (non-hydrogen) atoms. The second-order valence-corrected chi connectivity index (χ2v) is 9.00. The van der Waals surface area contributed by atoms with E-state index >= 15 is 0 Å². The number of nitrogens with zero attached hydrogens (tertiary/aromatic N) is 1. The van der Waals surface area contributed by atoms with Crippen molar-refractivity contribution in [2.24, 2.45) is 0 Å². The van der Waals surface area contributed by atoms with Gasteiger partial charge in [-0.1, -0.05) is 12.1 Å². The van der Waals surface area contributed by atoms with Crippen LogP contribution in [0, 0.1) is 0 Å². The summed E-state index contributed by atoms with van der Waals surface area (Å²) in [6.07, 6.45) is 0. The Morgan fingerprint density at radius 1 is 1.32 bits per heavy atom. The van der Waals surface area contributed by atoms with Gasteiger partial charge in [-0.3, -0.25) is 14.5 Å². The van der Waals surface area contributed by atoms with Gasteiger partial charge in [-0.05, 0) is 40.2 Å². The Bertz CT molecular complexity index is 766. The predicted octanol–water partition coefficient (Wildman–Crippen LogP) is 3.29. The molecule has 1 aromatic heterocycles. The maximum Gasteiger partial charge on any atom is 0.265 e. The number of anilines is 1. The summed E-state index contributed by atoms with van der Waals surface area (Å²) < 4.78 is 6.51. The van der Waals surface area contributed by atoms with Crippen LogP contribution in [0.2, 0.25) is 0 Å². The predicted molar refractivity (Wildman–Crippen MR) is 105 cm³/mol. The number of carbonyl (C=O) groups excluding carboxylic acids is 2. The van der Waals surface area contributed by atoms with E-state index in [2.05, 4.69) is 27.3 Å². The van der Waals surface area contributed by atoms with Crippen LogP contribution in [-0.4, -0.2) is 37.3 Å². The Morgan fingerprint density at radius 2 is 2.16 bits per heavy atom. The van der Waals surface area contributed by atoms with E-state index in [1.807, 2.05) is 18.2 Å². The molecule has 3 rings (SSSR count). The molecule has 8 heteroatoms. The standard InChI is InChI=1S/C17H17BrN2O3S2/c18-15-6-5-12(25-15)11-24-8-7-19-16(21)9-20-13-3-1-2-4-14(13)23-10-17(20)22/h1-6H,7-11H2,(H,19,21). The van der Waals surface area contributed by atoms with Crippen LogP contribution < -0.4 is 15.0 Å². The molecule has 1 aromatic carbocycles. The molecule has 0 saturated heterocycles. The van der Waals surface area contributed by atoms with Gasteiger partial charge < -0.3 is 10.1 Å². The summed E-state index contributed by atoms with van der Waals surface area (Å²) >= 11 is 6.94. The van der Waals surface area contributed by atoms with Gasteiger partial charge in [0, 0.05) is 22.9 Å². The number of fused-ring (bicyclic) bond motifs is 1. The second kappa shape index (κ2) is 8.73. The quantitative estimate of drug-likeness (QED) is 0.671. The van der Waals surface area contributed by atoms with E-state index in [-0.39, 0.29) is 25.0 Å². The average molecular weight is 441 g/mol. The molecule has 2 amide bonds. The minimum Gasteiger partial charge on any atom is -0.482 e. The van der Waals surface area contributed by atoms with E-state index in [1.54, 1.807) is 35.2 Å². The molecule has 132 valence electrons. The van der Waals surface area contributed by atoms with Crippen molar-refractivity contribution in [2.45, 2.75) is 5.75 Å². The number of ether oxygens (including phenoxy) is 1. The Balaban J connectivity index is 1.42. The van der Waals surface area contributed by atoms with Crippen LogP contribution in [0.5, 0.6) is 5.75 Å². The third kappa shape index (κ3) is 4.99. The van der Waals surface area contributed by atoms with Crippen LogP contribution >= 0.6 is 39.0 Å². The molecule has 0 atom stereocenters. The molecule has 2 heterocycles. The number of hydrogen-bond acceptors (Lipinski definition) is 5. The molecule has 2 aromatic rings. The van der Waals surface area contributed by atoms with E-state index in [0.717, 1.165) is 15.3 Å². The molecule has 0 fully saturated rings. The number of carbonyl (C=O) groups is 2. The highest BCUT2D eigenvalue weighted by molar-refractivity contribution is 9.11. The smallest absolute Gasteiger partial charge is 0.265 e. The monoisotopic (exact) mass is 440 g/mol. The summed E-state index contributed by atoms with van der Waals surface area (Å²) in [4.78, 5) is 27.0. The zero-order valence-corrected chi connectivity index (χ0v) is 16.6. The Hall–Kier alpha value is -1.51. The highest BCUT2D eigenvalue weighted by Gasteiger charge is 2.26. The molecule has 0 spiro atoms. The lowest BCUT2D eigenvalue weighted by atomic mass is 10.2. The highest BCUT2D eigenvalue weighted by Crippen LogP contribution is 2.31. The van der Waals surface area contributed by atoms with Crippen LogP contribution in [0.15, 0.2) is 40.2 Å². The van der Waals surface area contributed by atoms with Crippen molar-refractivity contribution in [2.75, 3.05) is 30.3 Å². The van der Waals surface area contributed by atoms with Crippen LogP contribution in [-0.2, 0) is 15.3 Å². The Labute approximate surface area is 162 Å². The number of hydrogen-bond donors (Lipinski definition) is 1. The van der Waals surface area contributed by atoms with E-state index in [0.29, 0.717) is 18.0 Å². The van der Waals surface area contributed by atoms with Crippen LogP contribution in [0.4, 0.5) is 5.69 Å². The molecule has 0 radical (unpaired) electrons. The van der Waals surface area contributed by atoms with Gasteiger partial charge in [0.1, 0.15) is 12.3 Å². The van der Waals surface area contributed by atoms with Gasteiger partial charge in [0.2, 0.25) is 5.91 Å². The Kier molecular flexibility index (Phi) is 6.39. The first-order valence-corrected chi connectivity index (χ1v) is 10.5. The second-order valence-electron chi connectivity index (χ2n) is 5.34. The number of nitrogens with one attached hydrogen (secondary N) is 1. The summed E-state index contributed by atoms with van der Waals surface area (Å²) in [5, 5.41) is 2.87. The zero-order valence-electron chi connectivity index (χ0n) is 13.4. The number of amides is 2. The first kappa shape index (κ1) is 18.3. The van der Waals surface area contributed by atoms with Gasteiger partial charge in [-0.15, -0.1) is 11.3 Å². The van der Waals surface area contributed by atoms with Gasteiger partial charge in [-0.25, -0.2) is 0 Å². The largest absolute Gasteiger partial charge is 0.482 e. The van der Waals surface area contributed by atoms with Crippen molar-refractivity contribution in [3.05, 3.63) is 45.1 Å². The number of benzene rings is 1. The minimum atomic E-state index is -0.202. The Morgan fingerprint density at radius 3 is 2.96 bits per heavy atom. The van der Waals surface area contributed by atoms with Gasteiger partial charge in [0.05, 0.1) is 9.47 Å². The number of thiophene rings is 1. The maximum atomic E-state index is 12.1. The van der Waals surface area contributed by atoms with Crippen LogP contribution in [0.25, 0.3) is 0 Å². The third-order valence-electron chi connectivity index (χ3n) is 3.55. The summed E-state index contributed by atoms with van der Waals surface area (Å²) in [6.45, 7) is 0.564. The van der Waals surface area contributed by atoms with Crippen molar-refractivity contribution in [3.8, 4) is 5.75 Å². The van der Waals surface area contributed by atoms with E-state index in [1.165, 1.54) is 9.78 Å². The average Bonchev–Trinajstić information content (AvgIpc) is 3.02. The molecule has 1 aliphatic heterocycles. The lowest BCUT2D eigenvalue weighted by Crippen LogP contribution is -2.45. The summed E-state index contributed by atoms with van der Waals surface area (Å²) in [7, 11) is 0. The van der Waals surface area contributed by atoms with E-state index < -0.39 is 0 Å². The molecule has 0 saturated carbocycles. The van der Waals surface area contributed by atoms with E-state index in [4.69, 9.17) is 4.74 Å². The SMILES string of the molecule is O=C(CN1C(=O)COc2ccccc21)NCCSCc1ccc(Br)s1. The molecular formula is C17H17BrN2O3S2. The normalized spacial score (nSPS) is 13.3. The number of para-hydroxylation sites is 2. The minimum absolute atomic E-state index is 0.0156. The van der Waals surface area contributed by atoms with Crippen molar-refractivity contribution < 1.29 is 14.3 Å². The van der Waals surface area contributed by atoms with Crippen LogP contribution in [0.3, 0.4) is 0 Å². The molecule has 1 N–H and O–H groups in total. The van der Waals surface area contributed by atoms with Crippen molar-refractivity contribution in [1.29, 1.82) is 0 Å². The molecule has 5 nitrogen and oxygen atoms in total. The topological polar surface area (TPSA) is 58.6 Å². The van der Waals surface area contributed by atoms with Gasteiger partial charge >= 0.3 is 0 Å². The molecule has 0 aliphatic carbocycles. The fourth-order valence-electron chi connectivity index (χ4n) is 2.39. The van der Waals surface area contributed by atoms with Crippen molar-refractivity contribution >= 4 is 56.5 Å². The number of halogens is 1. The van der Waals surface area contributed by atoms with Gasteiger partial charge in [-0.2, -0.15) is 11.8 Å². The first-order chi connectivity index (χ1) is 12.1. The highest BCUT2D eigenvalue weighted by atomic mass is 79.9. The molecule has 1 aliphatic rings. The molecular weight excluding hydrogens is 424 g/mol. The van der Waals surface area contributed by atoms with Crippen molar-refractivity contribution in [1.82, 2.24) is 5.32 Å². The fraction of sp³-hybridized carbons (Fsp3) is 0.294. The van der Waals surface area contributed by atoms with Crippen molar-refractivity contribution in [3.63, 3.8) is 0 Å². The lowest BCUT2D eigenvalue weighted by Gasteiger charge is -2.28. The van der Waals surface area contributed by atoms with E-state index in [9.17, 15) is 9.59 Å². The zero-order chi connectivity index (χ0) is 17.6. The summed E-state index contributed by atoms with van der Waals surface area (Å²) in [6, 6.07) is 11.4. The van der Waals surface area contributed by atoms with Gasteiger partial charge in [0.25, 0.3) is 5.91 Å². The maximum absolute atomic E-state index is 12.1.